The molecule has 1 atom stereocenters. The van der Waals surface area contributed by atoms with Crippen molar-refractivity contribution in [2.75, 3.05) is 7.11 Å². The summed E-state index contributed by atoms with van der Waals surface area (Å²) >= 11 is 9.51. The van der Waals surface area contributed by atoms with Gasteiger partial charge in [0.15, 0.2) is 0 Å². The molecule has 0 heterocycles. The van der Waals surface area contributed by atoms with E-state index >= 15 is 0 Å². The predicted molar refractivity (Wildman–Crippen MR) is 80.9 cm³/mol. The van der Waals surface area contributed by atoms with Crippen LogP contribution in [-0.4, -0.2) is 12.2 Å². The van der Waals surface area contributed by atoms with Gasteiger partial charge in [-0.1, -0.05) is 39.7 Å². The second-order valence-electron chi connectivity index (χ2n) is 4.36. The lowest BCUT2D eigenvalue weighted by Crippen LogP contribution is -2.00. The van der Waals surface area contributed by atoms with Crippen molar-refractivity contribution in [2.24, 2.45) is 0 Å². The van der Waals surface area contributed by atoms with Gasteiger partial charge in [0.25, 0.3) is 0 Å². The Morgan fingerprint density at radius 3 is 2.47 bits per heavy atom. The summed E-state index contributed by atoms with van der Waals surface area (Å²) in [5.74, 6) is 0.600. The molecule has 4 heteroatoms. The van der Waals surface area contributed by atoms with Crippen LogP contribution in [0.3, 0.4) is 0 Å². The van der Waals surface area contributed by atoms with Crippen LogP contribution in [-0.2, 0) is 0 Å². The first-order valence-corrected chi connectivity index (χ1v) is 6.97. The van der Waals surface area contributed by atoms with Gasteiger partial charge in [-0.2, -0.15) is 0 Å². The van der Waals surface area contributed by atoms with E-state index in [-0.39, 0.29) is 0 Å². The molecule has 2 rings (SSSR count). The molecule has 0 aromatic heterocycles. The second-order valence-corrected chi connectivity index (χ2v) is 5.68. The first-order valence-electron chi connectivity index (χ1n) is 5.80. The van der Waals surface area contributed by atoms with Crippen LogP contribution in [0.2, 0.25) is 5.02 Å². The van der Waals surface area contributed by atoms with E-state index in [2.05, 4.69) is 15.9 Å². The molecular weight excluding hydrogens is 328 g/mol. The number of rotatable bonds is 3. The molecule has 0 radical (unpaired) electrons. The Labute approximate surface area is 126 Å². The fourth-order valence-electron chi connectivity index (χ4n) is 1.97. The third-order valence-electron chi connectivity index (χ3n) is 2.87. The molecule has 0 amide bonds. The Morgan fingerprint density at radius 1 is 1.16 bits per heavy atom. The first-order chi connectivity index (χ1) is 9.01. The average Bonchev–Trinajstić information content (AvgIpc) is 2.36. The fourth-order valence-corrected chi connectivity index (χ4v) is 2.86. The molecule has 0 spiro atoms. The zero-order valence-electron chi connectivity index (χ0n) is 10.7. The highest BCUT2D eigenvalue weighted by atomic mass is 79.9. The number of aliphatic hydroxyl groups excluding tert-OH is 1. The van der Waals surface area contributed by atoms with Crippen molar-refractivity contribution in [3.63, 3.8) is 0 Å². The molecule has 1 N–H and O–H groups in total. The minimum absolute atomic E-state index is 0.491. The molecule has 1 unspecified atom stereocenters. The summed E-state index contributed by atoms with van der Waals surface area (Å²) in [6, 6.07) is 11.1. The number of benzene rings is 2. The Hall–Kier alpha value is -1.03. The third-order valence-corrected chi connectivity index (χ3v) is 3.62. The van der Waals surface area contributed by atoms with Crippen LogP contribution < -0.4 is 4.74 Å². The second kappa shape index (κ2) is 5.95. The molecule has 0 saturated heterocycles. The van der Waals surface area contributed by atoms with E-state index in [9.17, 15) is 5.11 Å². The van der Waals surface area contributed by atoms with Gasteiger partial charge >= 0.3 is 0 Å². The minimum Gasteiger partial charge on any atom is -0.495 e. The first kappa shape index (κ1) is 14.4. The number of ether oxygens (including phenoxy) is 1. The number of methoxy groups -OCH3 is 1. The highest BCUT2D eigenvalue weighted by molar-refractivity contribution is 9.10. The predicted octanol–water partition coefficient (Wildman–Crippen LogP) is 4.50. The van der Waals surface area contributed by atoms with Crippen LogP contribution in [0.15, 0.2) is 40.9 Å². The Morgan fingerprint density at radius 2 is 1.89 bits per heavy atom. The van der Waals surface area contributed by atoms with Crippen molar-refractivity contribution in [1.82, 2.24) is 0 Å². The summed E-state index contributed by atoms with van der Waals surface area (Å²) in [5, 5.41) is 10.9. The molecule has 19 heavy (non-hydrogen) atoms. The van der Waals surface area contributed by atoms with Gasteiger partial charge in [0.05, 0.1) is 12.1 Å². The van der Waals surface area contributed by atoms with Crippen molar-refractivity contribution in [3.05, 3.63) is 62.6 Å². The largest absolute Gasteiger partial charge is 0.495 e. The zero-order valence-corrected chi connectivity index (χ0v) is 13.0. The fraction of sp³-hybridized carbons (Fsp3) is 0.200. The number of hydrogen-bond donors (Lipinski definition) is 1. The lowest BCUT2D eigenvalue weighted by Gasteiger charge is -2.14. The van der Waals surface area contributed by atoms with Crippen molar-refractivity contribution in [3.8, 4) is 5.75 Å². The quantitative estimate of drug-likeness (QED) is 0.890. The monoisotopic (exact) mass is 340 g/mol. The van der Waals surface area contributed by atoms with Crippen molar-refractivity contribution in [1.29, 1.82) is 0 Å². The molecule has 0 aliphatic heterocycles. The van der Waals surface area contributed by atoms with Gasteiger partial charge in [-0.3, -0.25) is 0 Å². The maximum Gasteiger partial charge on any atom is 0.137 e. The lowest BCUT2D eigenvalue weighted by atomic mass is 10.00. The summed E-state index contributed by atoms with van der Waals surface area (Å²) < 4.78 is 6.05. The van der Waals surface area contributed by atoms with Gasteiger partial charge in [0.2, 0.25) is 0 Å². The molecular formula is C15H14BrClO2. The topological polar surface area (TPSA) is 29.5 Å². The third kappa shape index (κ3) is 3.30. The van der Waals surface area contributed by atoms with Gasteiger partial charge in [0, 0.05) is 4.47 Å². The SMILES string of the molecule is COc1ccc(C(O)c2cc(C)cc(Br)c2)cc1Cl. The van der Waals surface area contributed by atoms with Crippen LogP contribution in [0.4, 0.5) is 0 Å². The minimum atomic E-state index is -0.709. The Kier molecular flexibility index (Phi) is 4.50. The van der Waals surface area contributed by atoms with Crippen LogP contribution in [0, 0.1) is 6.92 Å². The van der Waals surface area contributed by atoms with Crippen molar-refractivity contribution < 1.29 is 9.84 Å². The number of aryl methyl sites for hydroxylation is 1. The molecule has 2 aromatic carbocycles. The zero-order chi connectivity index (χ0) is 14.0. The van der Waals surface area contributed by atoms with E-state index in [4.69, 9.17) is 16.3 Å². The van der Waals surface area contributed by atoms with E-state index in [0.717, 1.165) is 21.2 Å². The molecule has 0 aliphatic carbocycles. The van der Waals surface area contributed by atoms with Gasteiger partial charge < -0.3 is 9.84 Å². The molecule has 100 valence electrons. The summed E-state index contributed by atoms with van der Waals surface area (Å²) in [6.45, 7) is 1.99. The number of aliphatic hydroxyl groups is 1. The van der Waals surface area contributed by atoms with E-state index in [0.29, 0.717) is 10.8 Å². The van der Waals surface area contributed by atoms with Crippen LogP contribution in [0.1, 0.15) is 22.8 Å². The Balaban J connectivity index is 2.38. The average molecular weight is 342 g/mol. The van der Waals surface area contributed by atoms with Crippen LogP contribution in [0.5, 0.6) is 5.75 Å². The summed E-state index contributed by atoms with van der Waals surface area (Å²) in [6.07, 6.45) is -0.709. The van der Waals surface area contributed by atoms with E-state index in [1.54, 1.807) is 19.2 Å². The van der Waals surface area contributed by atoms with Gasteiger partial charge in [-0.05, 0) is 47.9 Å². The van der Waals surface area contributed by atoms with E-state index in [1.165, 1.54) is 0 Å². The number of halogens is 2. The van der Waals surface area contributed by atoms with Gasteiger partial charge in [0.1, 0.15) is 11.9 Å². The normalized spacial score (nSPS) is 12.3. The van der Waals surface area contributed by atoms with E-state index < -0.39 is 6.10 Å². The summed E-state index contributed by atoms with van der Waals surface area (Å²) in [5.41, 5.74) is 2.65. The number of hydrogen-bond acceptors (Lipinski definition) is 2. The molecule has 0 bridgehead atoms. The smallest absolute Gasteiger partial charge is 0.137 e. The molecule has 0 saturated carbocycles. The van der Waals surface area contributed by atoms with E-state index in [1.807, 2.05) is 31.2 Å². The van der Waals surface area contributed by atoms with Gasteiger partial charge in [-0.25, -0.2) is 0 Å². The van der Waals surface area contributed by atoms with Crippen molar-refractivity contribution in [2.45, 2.75) is 13.0 Å². The lowest BCUT2D eigenvalue weighted by molar-refractivity contribution is 0.220. The highest BCUT2D eigenvalue weighted by Gasteiger charge is 2.13. The Bertz CT molecular complexity index is 578. The summed E-state index contributed by atoms with van der Waals surface area (Å²) in [7, 11) is 1.56. The maximum atomic E-state index is 10.4. The maximum absolute atomic E-state index is 10.4. The summed E-state index contributed by atoms with van der Waals surface area (Å²) in [4.78, 5) is 0. The molecule has 2 aromatic rings. The van der Waals surface area contributed by atoms with Crippen LogP contribution >= 0.6 is 27.5 Å². The van der Waals surface area contributed by atoms with Gasteiger partial charge in [-0.15, -0.1) is 0 Å². The van der Waals surface area contributed by atoms with Crippen molar-refractivity contribution >= 4 is 27.5 Å². The van der Waals surface area contributed by atoms with Crippen LogP contribution in [0.25, 0.3) is 0 Å². The highest BCUT2D eigenvalue weighted by Crippen LogP contribution is 2.31. The standard InChI is InChI=1S/C15H14BrClO2/c1-9-5-11(7-12(16)6-9)15(18)10-3-4-14(19-2)13(17)8-10/h3-8,15,18H,1-2H3. The molecule has 0 fully saturated rings. The molecule has 2 nitrogen and oxygen atoms in total. The molecule has 0 aliphatic rings.